The Bertz CT molecular complexity index is 264. The zero-order chi connectivity index (χ0) is 10.5. The van der Waals surface area contributed by atoms with E-state index in [1.165, 1.54) is 11.8 Å². The van der Waals surface area contributed by atoms with Crippen molar-refractivity contribution in [2.75, 3.05) is 12.0 Å². The number of thioether (sulfide) groups is 1. The van der Waals surface area contributed by atoms with Crippen molar-refractivity contribution in [3.05, 3.63) is 0 Å². The van der Waals surface area contributed by atoms with Crippen molar-refractivity contribution in [1.29, 1.82) is 0 Å². The molecule has 0 bridgehead atoms. The van der Waals surface area contributed by atoms with Gasteiger partial charge in [-0.1, -0.05) is 0 Å². The van der Waals surface area contributed by atoms with Gasteiger partial charge in [0, 0.05) is 0 Å². The van der Waals surface area contributed by atoms with Crippen LogP contribution in [0, 0.1) is 0 Å². The van der Waals surface area contributed by atoms with Crippen molar-refractivity contribution in [1.82, 2.24) is 0 Å². The van der Waals surface area contributed by atoms with Crippen LogP contribution in [0.25, 0.3) is 0 Å². The second-order valence-electron chi connectivity index (χ2n) is 2.28. The number of carbonyl (C=O) groups excluding carboxylic acids is 1. The molecule has 0 amide bonds. The average Bonchev–Trinajstić information content (AvgIpc) is 1.96. The molecule has 8 heteroatoms. The van der Waals surface area contributed by atoms with Crippen molar-refractivity contribution in [2.24, 2.45) is 10.9 Å². The van der Waals surface area contributed by atoms with Crippen molar-refractivity contribution < 1.29 is 17.4 Å². The van der Waals surface area contributed by atoms with Crippen molar-refractivity contribution in [2.45, 2.75) is 12.5 Å². The Kier molecular flexibility index (Phi) is 5.30. The van der Waals surface area contributed by atoms with Gasteiger partial charge in [-0.25, -0.2) is 4.79 Å². The van der Waals surface area contributed by atoms with Gasteiger partial charge in [-0.15, -0.1) is 0 Å². The van der Waals surface area contributed by atoms with Crippen LogP contribution in [-0.4, -0.2) is 32.4 Å². The van der Waals surface area contributed by atoms with E-state index in [0.717, 1.165) is 0 Å². The summed E-state index contributed by atoms with van der Waals surface area (Å²) in [5.74, 6) is -0.363. The first-order valence-corrected chi connectivity index (χ1v) is 6.24. The van der Waals surface area contributed by atoms with E-state index in [4.69, 9.17) is 5.73 Å². The van der Waals surface area contributed by atoms with Gasteiger partial charge in [0.2, 0.25) is 0 Å². The minimum Gasteiger partial charge on any atom is -0.333 e. The lowest BCUT2D eigenvalue weighted by molar-refractivity contribution is -0.135. The summed E-state index contributed by atoms with van der Waals surface area (Å²) in [4.78, 5) is 10.8. The summed E-state index contributed by atoms with van der Waals surface area (Å²) >= 11 is 1.50. The lowest BCUT2D eigenvalue weighted by Gasteiger charge is -2.07. The molecule has 0 aromatic carbocycles. The van der Waals surface area contributed by atoms with E-state index in [9.17, 15) is 13.2 Å². The second-order valence-corrected chi connectivity index (χ2v) is 4.42. The Hall–Kier alpha value is -0.310. The number of nitrogens with two attached hydrogens (primary N) is 2. The van der Waals surface area contributed by atoms with E-state index < -0.39 is 22.3 Å². The van der Waals surface area contributed by atoms with Crippen molar-refractivity contribution in [3.8, 4) is 0 Å². The molecule has 0 fully saturated rings. The molecular formula is C5H12N2O4S2. The molecule has 0 aromatic heterocycles. The zero-order valence-corrected chi connectivity index (χ0v) is 8.73. The standard InChI is InChI=1S/C5H12N2O4S2/c1-12-3-2-4(6)5(8)11-13(7,9)10/h4H,2-3,6H2,1H3,(H2,7,9,10). The lowest BCUT2D eigenvalue weighted by atomic mass is 10.2. The first-order chi connectivity index (χ1) is 5.87. The van der Waals surface area contributed by atoms with E-state index >= 15 is 0 Å². The minimum atomic E-state index is -4.23. The smallest absolute Gasteiger partial charge is 0.333 e. The van der Waals surface area contributed by atoms with Gasteiger partial charge in [0.05, 0.1) is 0 Å². The average molecular weight is 228 g/mol. The Labute approximate surface area is 81.2 Å². The highest BCUT2D eigenvalue weighted by Gasteiger charge is 2.19. The number of hydrogen-bond donors (Lipinski definition) is 2. The largest absolute Gasteiger partial charge is 0.382 e. The fraction of sp³-hybridized carbons (Fsp3) is 0.800. The molecule has 6 nitrogen and oxygen atoms in total. The maximum Gasteiger partial charge on any atom is 0.382 e. The summed E-state index contributed by atoms with van der Waals surface area (Å²) < 4.78 is 24.5. The van der Waals surface area contributed by atoms with Gasteiger partial charge in [-0.3, -0.25) is 0 Å². The SMILES string of the molecule is CSCCC(N)C(=O)OS(N)(=O)=O. The number of carbonyl (C=O) groups is 1. The first-order valence-electron chi connectivity index (χ1n) is 3.37. The Morgan fingerprint density at radius 1 is 1.62 bits per heavy atom. The fourth-order valence-electron chi connectivity index (χ4n) is 0.539. The van der Waals surface area contributed by atoms with Crippen LogP contribution >= 0.6 is 11.8 Å². The maximum absolute atomic E-state index is 10.8. The predicted octanol–water partition coefficient (Wildman–Crippen LogP) is -1.19. The monoisotopic (exact) mass is 228 g/mol. The normalized spacial score (nSPS) is 13.8. The van der Waals surface area contributed by atoms with Gasteiger partial charge in [-0.05, 0) is 18.4 Å². The molecule has 0 spiro atoms. The third-order valence-electron chi connectivity index (χ3n) is 1.13. The third kappa shape index (κ3) is 6.82. The van der Waals surface area contributed by atoms with Crippen LogP contribution < -0.4 is 10.9 Å². The lowest BCUT2D eigenvalue weighted by Crippen LogP contribution is -2.35. The van der Waals surface area contributed by atoms with Crippen LogP contribution in [-0.2, 0) is 19.3 Å². The van der Waals surface area contributed by atoms with Gasteiger partial charge in [-0.2, -0.15) is 25.3 Å². The van der Waals surface area contributed by atoms with E-state index in [0.29, 0.717) is 12.2 Å². The van der Waals surface area contributed by atoms with Gasteiger partial charge >= 0.3 is 16.3 Å². The molecule has 0 aromatic rings. The molecule has 0 radical (unpaired) electrons. The molecule has 0 aliphatic carbocycles. The molecule has 0 saturated carbocycles. The van der Waals surface area contributed by atoms with Gasteiger partial charge in [0.15, 0.2) is 0 Å². The van der Waals surface area contributed by atoms with Crippen molar-refractivity contribution in [3.63, 3.8) is 0 Å². The molecule has 1 atom stereocenters. The summed E-state index contributed by atoms with van der Waals surface area (Å²) in [6, 6.07) is -0.939. The molecule has 0 rings (SSSR count). The van der Waals surface area contributed by atoms with E-state index in [2.05, 4.69) is 9.32 Å². The van der Waals surface area contributed by atoms with Crippen LogP contribution in [0.5, 0.6) is 0 Å². The Morgan fingerprint density at radius 3 is 2.54 bits per heavy atom. The van der Waals surface area contributed by atoms with Crippen LogP contribution in [0.15, 0.2) is 0 Å². The van der Waals surface area contributed by atoms with E-state index in [-0.39, 0.29) is 0 Å². The van der Waals surface area contributed by atoms with Gasteiger partial charge in [0.1, 0.15) is 6.04 Å². The highest BCUT2D eigenvalue weighted by atomic mass is 32.2. The van der Waals surface area contributed by atoms with Crippen LogP contribution in [0.3, 0.4) is 0 Å². The van der Waals surface area contributed by atoms with Crippen LogP contribution in [0.4, 0.5) is 0 Å². The van der Waals surface area contributed by atoms with Crippen LogP contribution in [0.2, 0.25) is 0 Å². The molecule has 0 heterocycles. The Morgan fingerprint density at radius 2 is 2.15 bits per heavy atom. The predicted molar refractivity (Wildman–Crippen MR) is 50.2 cm³/mol. The fourth-order valence-corrected chi connectivity index (χ4v) is 1.38. The summed E-state index contributed by atoms with van der Waals surface area (Å²) in [7, 11) is -4.23. The second kappa shape index (κ2) is 5.43. The molecule has 0 aliphatic heterocycles. The van der Waals surface area contributed by atoms with E-state index in [1.807, 2.05) is 6.26 Å². The zero-order valence-electron chi connectivity index (χ0n) is 7.10. The highest BCUT2D eigenvalue weighted by molar-refractivity contribution is 7.98. The molecule has 1 unspecified atom stereocenters. The van der Waals surface area contributed by atoms with Gasteiger partial charge in [0.25, 0.3) is 0 Å². The quantitative estimate of drug-likeness (QED) is 0.612. The van der Waals surface area contributed by atoms with Crippen molar-refractivity contribution >= 4 is 28.0 Å². The Balaban J connectivity index is 3.97. The molecule has 0 saturated heterocycles. The molecule has 13 heavy (non-hydrogen) atoms. The summed E-state index contributed by atoms with van der Waals surface area (Å²) in [5, 5.41) is 4.47. The number of hydrogen-bond acceptors (Lipinski definition) is 6. The summed E-state index contributed by atoms with van der Waals surface area (Å²) in [5.41, 5.74) is 5.30. The molecule has 0 aliphatic rings. The van der Waals surface area contributed by atoms with Crippen LogP contribution in [0.1, 0.15) is 6.42 Å². The molecule has 78 valence electrons. The number of rotatable bonds is 5. The first kappa shape index (κ1) is 12.7. The topological polar surface area (TPSA) is 112 Å². The van der Waals surface area contributed by atoms with E-state index in [1.54, 1.807) is 0 Å². The summed E-state index contributed by atoms with van der Waals surface area (Å²) in [6.45, 7) is 0. The summed E-state index contributed by atoms with van der Waals surface area (Å²) in [6.07, 6.45) is 2.20. The molecular weight excluding hydrogens is 216 g/mol. The minimum absolute atomic E-state index is 0.357. The van der Waals surface area contributed by atoms with Gasteiger partial charge < -0.3 is 9.92 Å². The third-order valence-corrected chi connectivity index (χ3v) is 2.17. The highest BCUT2D eigenvalue weighted by Crippen LogP contribution is 2.00. The maximum atomic E-state index is 10.8. The molecule has 4 N–H and O–H groups in total.